The summed E-state index contributed by atoms with van der Waals surface area (Å²) in [7, 11) is 0. The summed E-state index contributed by atoms with van der Waals surface area (Å²) in [5, 5.41) is 2.65. The summed E-state index contributed by atoms with van der Waals surface area (Å²) in [4.78, 5) is 12.2. The van der Waals surface area contributed by atoms with Gasteiger partial charge in [0.2, 0.25) is 0 Å². The van der Waals surface area contributed by atoms with Gasteiger partial charge < -0.3 is 4.57 Å². The topological polar surface area (TPSA) is 22.0 Å². The zero-order valence-corrected chi connectivity index (χ0v) is 10.3. The number of aromatic nitrogens is 1. The summed E-state index contributed by atoms with van der Waals surface area (Å²) in [6.45, 7) is 0.463. The third kappa shape index (κ3) is 1.95. The molecule has 4 heteroatoms. The van der Waals surface area contributed by atoms with E-state index in [1.165, 1.54) is 12.1 Å². The summed E-state index contributed by atoms with van der Waals surface area (Å²) in [6.07, 6.45) is 1.78. The van der Waals surface area contributed by atoms with Gasteiger partial charge in [-0.2, -0.15) is 0 Å². The van der Waals surface area contributed by atoms with E-state index >= 15 is 0 Å². The van der Waals surface area contributed by atoms with E-state index in [0.717, 1.165) is 15.6 Å². The molecular weight excluding hydrogens is 249 g/mol. The van der Waals surface area contributed by atoms with Crippen molar-refractivity contribution >= 4 is 21.4 Å². The number of fused-ring (bicyclic) bond motifs is 1. The maximum Gasteiger partial charge on any atom is 0.259 e. The second kappa shape index (κ2) is 4.38. The van der Waals surface area contributed by atoms with Crippen LogP contribution in [0.25, 0.3) is 10.1 Å². The molecule has 0 bridgehead atoms. The van der Waals surface area contributed by atoms with Gasteiger partial charge >= 0.3 is 0 Å². The highest BCUT2D eigenvalue weighted by Crippen LogP contribution is 2.16. The molecule has 90 valence electrons. The van der Waals surface area contributed by atoms with Gasteiger partial charge in [-0.15, -0.1) is 11.3 Å². The molecule has 0 aliphatic heterocycles. The molecule has 0 unspecified atom stereocenters. The Morgan fingerprint density at radius 2 is 1.89 bits per heavy atom. The minimum atomic E-state index is -0.264. The van der Waals surface area contributed by atoms with Crippen LogP contribution in [-0.4, -0.2) is 4.57 Å². The van der Waals surface area contributed by atoms with Crippen molar-refractivity contribution in [1.29, 1.82) is 0 Å². The molecule has 0 N–H and O–H groups in total. The molecule has 0 fully saturated rings. The molecular formula is C14H10FNOS. The Morgan fingerprint density at radius 1 is 1.11 bits per heavy atom. The van der Waals surface area contributed by atoms with Gasteiger partial charge in [-0.1, -0.05) is 12.1 Å². The van der Waals surface area contributed by atoms with Crippen LogP contribution in [0.4, 0.5) is 4.39 Å². The Bertz CT molecular complexity index is 742. The van der Waals surface area contributed by atoms with Crippen molar-refractivity contribution in [1.82, 2.24) is 4.57 Å². The lowest BCUT2D eigenvalue weighted by atomic mass is 10.2. The van der Waals surface area contributed by atoms with E-state index in [1.54, 1.807) is 34.2 Å². The summed E-state index contributed by atoms with van der Waals surface area (Å²) < 4.78 is 15.4. The SMILES string of the molecule is O=c1c2ccsc2ccn1Cc1ccc(F)cc1. The summed E-state index contributed by atoms with van der Waals surface area (Å²) in [5.74, 6) is -0.264. The van der Waals surface area contributed by atoms with Gasteiger partial charge in [-0.25, -0.2) is 4.39 Å². The highest BCUT2D eigenvalue weighted by molar-refractivity contribution is 7.17. The fraction of sp³-hybridized carbons (Fsp3) is 0.0714. The summed E-state index contributed by atoms with van der Waals surface area (Å²) >= 11 is 1.56. The van der Waals surface area contributed by atoms with Crippen molar-refractivity contribution in [2.45, 2.75) is 6.54 Å². The first-order valence-electron chi connectivity index (χ1n) is 5.55. The van der Waals surface area contributed by atoms with Gasteiger partial charge in [0, 0.05) is 10.9 Å². The predicted octanol–water partition coefficient (Wildman–Crippen LogP) is 3.25. The van der Waals surface area contributed by atoms with E-state index in [0.29, 0.717) is 6.54 Å². The average Bonchev–Trinajstić information content (AvgIpc) is 2.84. The van der Waals surface area contributed by atoms with E-state index in [9.17, 15) is 9.18 Å². The smallest absolute Gasteiger partial charge is 0.259 e. The first-order valence-corrected chi connectivity index (χ1v) is 6.43. The average molecular weight is 259 g/mol. The number of hydrogen-bond acceptors (Lipinski definition) is 2. The van der Waals surface area contributed by atoms with Crippen LogP contribution in [0.5, 0.6) is 0 Å². The number of hydrogen-bond donors (Lipinski definition) is 0. The zero-order valence-electron chi connectivity index (χ0n) is 9.47. The predicted molar refractivity (Wildman–Crippen MR) is 71.6 cm³/mol. The third-order valence-corrected chi connectivity index (χ3v) is 3.74. The highest BCUT2D eigenvalue weighted by Gasteiger charge is 2.04. The second-order valence-electron chi connectivity index (χ2n) is 4.07. The van der Waals surface area contributed by atoms with E-state index in [2.05, 4.69) is 0 Å². The molecule has 0 saturated carbocycles. The van der Waals surface area contributed by atoms with Crippen LogP contribution in [0.15, 0.2) is 52.8 Å². The number of rotatable bonds is 2. The Morgan fingerprint density at radius 3 is 2.67 bits per heavy atom. The van der Waals surface area contributed by atoms with Crippen LogP contribution in [0, 0.1) is 5.82 Å². The molecule has 0 atom stereocenters. The molecule has 0 aliphatic rings. The molecule has 18 heavy (non-hydrogen) atoms. The first-order chi connectivity index (χ1) is 8.74. The number of pyridine rings is 1. The maximum absolute atomic E-state index is 12.8. The molecule has 2 heterocycles. The van der Waals surface area contributed by atoms with Crippen molar-refractivity contribution < 1.29 is 4.39 Å². The lowest BCUT2D eigenvalue weighted by Gasteiger charge is -2.05. The van der Waals surface area contributed by atoms with Crippen molar-refractivity contribution in [3.63, 3.8) is 0 Å². The fourth-order valence-corrected chi connectivity index (χ4v) is 2.69. The lowest BCUT2D eigenvalue weighted by molar-refractivity contribution is 0.626. The van der Waals surface area contributed by atoms with Crippen LogP contribution >= 0.6 is 11.3 Å². The lowest BCUT2D eigenvalue weighted by Crippen LogP contribution is -2.19. The molecule has 0 spiro atoms. The Kier molecular flexibility index (Phi) is 2.72. The van der Waals surface area contributed by atoms with Crippen LogP contribution < -0.4 is 5.56 Å². The van der Waals surface area contributed by atoms with Gasteiger partial charge in [0.25, 0.3) is 5.56 Å². The molecule has 0 amide bonds. The zero-order chi connectivity index (χ0) is 12.5. The number of halogens is 1. The molecule has 2 aromatic heterocycles. The molecule has 0 radical (unpaired) electrons. The van der Waals surface area contributed by atoms with E-state index < -0.39 is 0 Å². The van der Waals surface area contributed by atoms with Gasteiger partial charge in [-0.05, 0) is 35.2 Å². The Balaban J connectivity index is 2.02. The number of benzene rings is 1. The van der Waals surface area contributed by atoms with Crippen molar-refractivity contribution in [3.8, 4) is 0 Å². The first kappa shape index (κ1) is 11.2. The number of thiophene rings is 1. The molecule has 1 aromatic carbocycles. The largest absolute Gasteiger partial charge is 0.311 e. The van der Waals surface area contributed by atoms with Crippen LogP contribution in [0.3, 0.4) is 0 Å². The fourth-order valence-electron chi connectivity index (χ4n) is 1.92. The minimum absolute atomic E-state index is 0.00178. The Labute approximate surface area is 107 Å². The van der Waals surface area contributed by atoms with Crippen LogP contribution in [0.2, 0.25) is 0 Å². The monoisotopic (exact) mass is 259 g/mol. The van der Waals surface area contributed by atoms with Gasteiger partial charge in [-0.3, -0.25) is 4.79 Å². The maximum atomic E-state index is 12.8. The van der Waals surface area contributed by atoms with Crippen LogP contribution in [-0.2, 0) is 6.54 Å². The standard InChI is InChI=1S/C14H10FNOS/c15-11-3-1-10(2-4-11)9-16-7-5-13-12(14(16)17)6-8-18-13/h1-8H,9H2. The number of nitrogens with zero attached hydrogens (tertiary/aromatic N) is 1. The van der Waals surface area contributed by atoms with Crippen LogP contribution in [0.1, 0.15) is 5.56 Å². The minimum Gasteiger partial charge on any atom is -0.311 e. The normalized spacial score (nSPS) is 10.9. The molecule has 3 rings (SSSR count). The van der Waals surface area contributed by atoms with E-state index in [1.807, 2.05) is 17.5 Å². The molecule has 0 aliphatic carbocycles. The summed E-state index contributed by atoms with van der Waals surface area (Å²) in [6, 6.07) is 9.97. The molecule has 3 aromatic rings. The van der Waals surface area contributed by atoms with Gasteiger partial charge in [0.1, 0.15) is 5.82 Å². The highest BCUT2D eigenvalue weighted by atomic mass is 32.1. The van der Waals surface area contributed by atoms with Crippen molar-refractivity contribution in [2.24, 2.45) is 0 Å². The van der Waals surface area contributed by atoms with Crippen molar-refractivity contribution in [3.05, 3.63) is 69.7 Å². The molecule has 2 nitrogen and oxygen atoms in total. The second-order valence-corrected chi connectivity index (χ2v) is 5.02. The quantitative estimate of drug-likeness (QED) is 0.692. The van der Waals surface area contributed by atoms with Gasteiger partial charge in [0.15, 0.2) is 0 Å². The van der Waals surface area contributed by atoms with E-state index in [4.69, 9.17) is 0 Å². The van der Waals surface area contributed by atoms with E-state index in [-0.39, 0.29) is 11.4 Å². The third-order valence-electron chi connectivity index (χ3n) is 2.86. The molecule has 0 saturated heterocycles. The van der Waals surface area contributed by atoms with Gasteiger partial charge in [0.05, 0.1) is 11.9 Å². The summed E-state index contributed by atoms with van der Waals surface area (Å²) in [5.41, 5.74) is 0.908. The Hall–Kier alpha value is -1.94. The van der Waals surface area contributed by atoms with Crippen molar-refractivity contribution in [2.75, 3.05) is 0 Å².